The van der Waals surface area contributed by atoms with Gasteiger partial charge in [0.2, 0.25) is 0 Å². The van der Waals surface area contributed by atoms with Crippen LogP contribution in [0.1, 0.15) is 39.1 Å². The smallest absolute Gasteiger partial charge is 0.255 e. The maximum Gasteiger partial charge on any atom is 0.255 e. The zero-order valence-corrected chi connectivity index (χ0v) is 17.6. The summed E-state index contributed by atoms with van der Waals surface area (Å²) < 4.78 is 18.2. The molecule has 0 bridgehead atoms. The Morgan fingerprint density at radius 1 is 1.00 bits per heavy atom. The Morgan fingerprint density at radius 3 is 2.44 bits per heavy atom. The Hall–Kier alpha value is -3.22. The van der Waals surface area contributed by atoms with Crippen molar-refractivity contribution in [2.45, 2.75) is 41.9 Å². The van der Waals surface area contributed by atoms with Crippen LogP contribution in [0.4, 0.5) is 4.39 Å². The van der Waals surface area contributed by atoms with Crippen LogP contribution in [0.5, 0.6) is 0 Å². The molecule has 5 rings (SSSR count). The summed E-state index contributed by atoms with van der Waals surface area (Å²) in [5.41, 5.74) is 5.75. The lowest BCUT2D eigenvalue weighted by molar-refractivity contribution is 0.281. The molecule has 1 aliphatic heterocycles. The third-order valence-electron chi connectivity index (χ3n) is 6.31. The molecule has 4 aromatic rings. The number of pyridine rings is 1. The highest BCUT2D eigenvalue weighted by Gasteiger charge is 2.21. The second-order valence-corrected chi connectivity index (χ2v) is 8.27. The summed E-state index contributed by atoms with van der Waals surface area (Å²) >= 11 is 0. The maximum atomic E-state index is 14.4. The zero-order valence-electron chi connectivity index (χ0n) is 17.6. The fourth-order valence-electron chi connectivity index (χ4n) is 4.57. The number of fused-ring (bicyclic) bond motifs is 3. The third-order valence-corrected chi connectivity index (χ3v) is 6.31. The molecule has 2 aromatic carbocycles. The van der Waals surface area contributed by atoms with Gasteiger partial charge in [0, 0.05) is 49.0 Å². The SMILES string of the molecule is C.C.C.CN1CCc2c(n(C)c3cc(-n4ccc(-c5ccc(CO)cc5F)cc4=O)ccc23)C1. The van der Waals surface area contributed by atoms with Gasteiger partial charge in [0.25, 0.3) is 5.56 Å². The van der Waals surface area contributed by atoms with E-state index in [2.05, 4.69) is 29.6 Å². The Balaban J connectivity index is 0.00000136. The minimum atomic E-state index is -0.454. The van der Waals surface area contributed by atoms with Gasteiger partial charge in [0.1, 0.15) is 5.82 Å². The van der Waals surface area contributed by atoms with Gasteiger partial charge >= 0.3 is 0 Å². The molecule has 5 nitrogen and oxygen atoms in total. The first kappa shape index (κ1) is 27.0. The second kappa shape index (κ2) is 10.4. The van der Waals surface area contributed by atoms with E-state index in [1.54, 1.807) is 29.0 Å². The van der Waals surface area contributed by atoms with Gasteiger partial charge in [-0.25, -0.2) is 4.39 Å². The number of halogens is 1. The van der Waals surface area contributed by atoms with Crippen LogP contribution in [0.3, 0.4) is 0 Å². The van der Waals surface area contributed by atoms with E-state index in [1.165, 1.54) is 28.8 Å². The van der Waals surface area contributed by atoms with Gasteiger partial charge in [-0.15, -0.1) is 0 Å². The molecule has 0 saturated carbocycles. The number of aryl methyl sites for hydroxylation is 1. The first-order valence-corrected chi connectivity index (χ1v) is 10.4. The van der Waals surface area contributed by atoms with Crippen molar-refractivity contribution in [2.75, 3.05) is 13.6 Å². The highest BCUT2D eigenvalue weighted by atomic mass is 19.1. The Morgan fingerprint density at radius 2 is 1.76 bits per heavy atom. The van der Waals surface area contributed by atoms with Gasteiger partial charge in [0.05, 0.1) is 17.8 Å². The molecule has 0 radical (unpaired) electrons. The lowest BCUT2D eigenvalue weighted by Gasteiger charge is -2.23. The molecule has 2 aromatic heterocycles. The summed E-state index contributed by atoms with van der Waals surface area (Å²) in [6.07, 6.45) is 2.71. The molecule has 0 atom stereocenters. The minimum Gasteiger partial charge on any atom is -0.392 e. The summed E-state index contributed by atoms with van der Waals surface area (Å²) in [4.78, 5) is 15.2. The quantitative estimate of drug-likeness (QED) is 0.433. The predicted octanol–water partition coefficient (Wildman–Crippen LogP) is 5.52. The average Bonchev–Trinajstić information content (AvgIpc) is 3.04. The Bertz CT molecular complexity index is 1370. The fraction of sp³-hybridized carbons (Fsp3) is 0.321. The van der Waals surface area contributed by atoms with Crippen molar-refractivity contribution >= 4 is 10.9 Å². The van der Waals surface area contributed by atoms with E-state index in [9.17, 15) is 9.18 Å². The van der Waals surface area contributed by atoms with E-state index in [0.29, 0.717) is 16.7 Å². The lowest BCUT2D eigenvalue weighted by Crippen LogP contribution is -2.27. The van der Waals surface area contributed by atoms with Gasteiger partial charge in [0.15, 0.2) is 0 Å². The summed E-state index contributed by atoms with van der Waals surface area (Å²) in [6.45, 7) is 1.75. The number of hydrogen-bond acceptors (Lipinski definition) is 3. The average molecular weight is 466 g/mol. The van der Waals surface area contributed by atoms with Crippen molar-refractivity contribution in [3.05, 3.63) is 87.7 Å². The van der Waals surface area contributed by atoms with Crippen molar-refractivity contribution < 1.29 is 9.50 Å². The molecule has 1 N–H and O–H groups in total. The number of rotatable bonds is 3. The van der Waals surface area contributed by atoms with Crippen molar-refractivity contribution in [1.29, 1.82) is 0 Å². The number of aliphatic hydroxyl groups is 1. The van der Waals surface area contributed by atoms with Gasteiger partial charge in [-0.1, -0.05) is 40.5 Å². The molecule has 0 spiro atoms. The van der Waals surface area contributed by atoms with Crippen LogP contribution >= 0.6 is 0 Å². The monoisotopic (exact) mass is 465 g/mol. The molecule has 34 heavy (non-hydrogen) atoms. The molecular formula is C28H36FN3O2. The molecule has 1 aliphatic rings. The van der Waals surface area contributed by atoms with Crippen LogP contribution in [0.15, 0.2) is 59.5 Å². The van der Waals surface area contributed by atoms with Crippen molar-refractivity contribution in [1.82, 2.24) is 14.0 Å². The lowest BCUT2D eigenvalue weighted by atomic mass is 10.0. The van der Waals surface area contributed by atoms with E-state index in [0.717, 1.165) is 30.7 Å². The Labute approximate surface area is 201 Å². The highest BCUT2D eigenvalue weighted by Crippen LogP contribution is 2.31. The van der Waals surface area contributed by atoms with Gasteiger partial charge < -0.3 is 14.6 Å². The molecular weight excluding hydrogens is 429 g/mol. The van der Waals surface area contributed by atoms with Crippen LogP contribution in [0.2, 0.25) is 0 Å². The number of benzene rings is 2. The molecule has 0 unspecified atom stereocenters. The van der Waals surface area contributed by atoms with E-state index >= 15 is 0 Å². The molecule has 182 valence electrons. The third kappa shape index (κ3) is 4.43. The largest absolute Gasteiger partial charge is 0.392 e. The van der Waals surface area contributed by atoms with Crippen LogP contribution < -0.4 is 5.56 Å². The topological polar surface area (TPSA) is 50.4 Å². The zero-order chi connectivity index (χ0) is 21.7. The fourth-order valence-corrected chi connectivity index (χ4v) is 4.57. The standard InChI is InChI=1S/C25H24FN3O2.3CH4/c1-27-9-8-21-20-6-4-18(13-23(20)28(2)24(21)14-27)29-10-7-17(12-25(29)31)19-5-3-16(15-30)11-22(19)26;;;/h3-7,10-13,30H,8-9,14-15H2,1-2H3;3*1H4. The molecule has 0 aliphatic carbocycles. The molecule has 0 fully saturated rings. The van der Waals surface area contributed by atoms with Gasteiger partial charge in [-0.05, 0) is 54.4 Å². The number of aliphatic hydroxyl groups excluding tert-OH is 1. The first-order valence-electron chi connectivity index (χ1n) is 10.4. The van der Waals surface area contributed by atoms with Crippen molar-refractivity contribution in [2.24, 2.45) is 7.05 Å². The number of nitrogens with zero attached hydrogens (tertiary/aromatic N) is 3. The van der Waals surface area contributed by atoms with Gasteiger partial charge in [-0.2, -0.15) is 0 Å². The van der Waals surface area contributed by atoms with E-state index in [1.807, 2.05) is 12.1 Å². The summed E-state index contributed by atoms with van der Waals surface area (Å²) in [7, 11) is 4.21. The van der Waals surface area contributed by atoms with E-state index in [4.69, 9.17) is 5.11 Å². The van der Waals surface area contributed by atoms with Crippen molar-refractivity contribution in [3.8, 4) is 16.8 Å². The van der Waals surface area contributed by atoms with Gasteiger partial charge in [-0.3, -0.25) is 9.36 Å². The van der Waals surface area contributed by atoms with Crippen LogP contribution in [0, 0.1) is 5.82 Å². The second-order valence-electron chi connectivity index (χ2n) is 8.27. The first-order chi connectivity index (χ1) is 15.0. The summed E-state index contributed by atoms with van der Waals surface area (Å²) in [5, 5.41) is 10.4. The number of aromatic nitrogens is 2. The number of likely N-dealkylation sites (N-methyl/N-ethyl adjacent to an activating group) is 1. The molecule has 3 heterocycles. The molecule has 6 heteroatoms. The Kier molecular flexibility index (Phi) is 8.24. The maximum absolute atomic E-state index is 14.4. The molecule has 0 saturated heterocycles. The minimum absolute atomic E-state index is 0. The summed E-state index contributed by atoms with van der Waals surface area (Å²) in [5.74, 6) is -0.454. The molecule has 0 amide bonds. The van der Waals surface area contributed by atoms with E-state index in [-0.39, 0.29) is 34.4 Å². The van der Waals surface area contributed by atoms with Crippen LogP contribution in [-0.2, 0) is 26.6 Å². The number of hydrogen-bond donors (Lipinski definition) is 1. The van der Waals surface area contributed by atoms with E-state index < -0.39 is 5.82 Å². The normalized spacial score (nSPS) is 12.9. The van der Waals surface area contributed by atoms with Crippen LogP contribution in [0.25, 0.3) is 27.7 Å². The summed E-state index contributed by atoms with van der Waals surface area (Å²) in [6, 6.07) is 13.9. The highest BCUT2D eigenvalue weighted by molar-refractivity contribution is 5.87. The predicted molar refractivity (Wildman–Crippen MR) is 140 cm³/mol. The van der Waals surface area contributed by atoms with Crippen LogP contribution in [-0.4, -0.2) is 32.7 Å². The van der Waals surface area contributed by atoms with Crippen molar-refractivity contribution in [3.63, 3.8) is 0 Å².